The van der Waals surface area contributed by atoms with Crippen molar-refractivity contribution in [3.8, 4) is 0 Å². The van der Waals surface area contributed by atoms with Crippen LogP contribution in [0.1, 0.15) is 70.2 Å². The largest absolute Gasteiger partial charge is 0.306 e. The van der Waals surface area contributed by atoms with E-state index in [-0.39, 0.29) is 5.54 Å². The second-order valence-corrected chi connectivity index (χ2v) is 6.26. The van der Waals surface area contributed by atoms with E-state index >= 15 is 0 Å². The highest BCUT2D eigenvalue weighted by Crippen LogP contribution is 2.31. The number of rotatable bonds is 3. The maximum absolute atomic E-state index is 4.48. The lowest BCUT2D eigenvalue weighted by atomic mass is 9.87. The number of hydrogen-bond donors (Lipinski definition) is 2. The number of aromatic nitrogens is 2. The summed E-state index contributed by atoms with van der Waals surface area (Å²) in [4.78, 5) is 0. The lowest BCUT2D eigenvalue weighted by Gasteiger charge is -2.20. The van der Waals surface area contributed by atoms with E-state index in [1.54, 1.807) is 0 Å². The van der Waals surface area contributed by atoms with E-state index in [4.69, 9.17) is 0 Å². The van der Waals surface area contributed by atoms with Crippen LogP contribution in [0.5, 0.6) is 0 Å². The van der Waals surface area contributed by atoms with Crippen LogP contribution in [0.3, 0.4) is 0 Å². The number of hydrogen-bond acceptors (Lipinski definition) is 2. The van der Waals surface area contributed by atoms with Gasteiger partial charge in [0.15, 0.2) is 0 Å². The van der Waals surface area contributed by atoms with Crippen LogP contribution in [0.4, 0.5) is 0 Å². The molecule has 0 amide bonds. The zero-order chi connectivity index (χ0) is 12.3. The van der Waals surface area contributed by atoms with Crippen LogP contribution in [-0.4, -0.2) is 15.7 Å². The molecule has 1 aliphatic carbocycles. The number of nitrogens with one attached hydrogen (secondary N) is 2. The molecule has 1 aliphatic rings. The summed E-state index contributed by atoms with van der Waals surface area (Å²) in [5, 5.41) is 11.1. The average molecular weight is 235 g/mol. The van der Waals surface area contributed by atoms with E-state index in [0.29, 0.717) is 5.92 Å². The SMILES string of the molecule is CC(C)(C)NCc1cc(C2CCCCC2)n[nH]1. The molecule has 0 radical (unpaired) electrons. The zero-order valence-corrected chi connectivity index (χ0v) is 11.3. The van der Waals surface area contributed by atoms with E-state index in [2.05, 4.69) is 42.4 Å². The predicted molar refractivity (Wildman–Crippen MR) is 71.0 cm³/mol. The van der Waals surface area contributed by atoms with Gasteiger partial charge in [-0.2, -0.15) is 5.10 Å². The molecule has 0 aromatic carbocycles. The van der Waals surface area contributed by atoms with Gasteiger partial charge in [0.25, 0.3) is 0 Å². The molecule has 1 fully saturated rings. The molecule has 0 saturated heterocycles. The first-order valence-corrected chi connectivity index (χ1v) is 6.84. The molecule has 0 bridgehead atoms. The Bertz CT molecular complexity index is 343. The Balaban J connectivity index is 1.91. The van der Waals surface area contributed by atoms with Gasteiger partial charge in [0.1, 0.15) is 0 Å². The fourth-order valence-electron chi connectivity index (χ4n) is 2.44. The van der Waals surface area contributed by atoms with E-state index in [9.17, 15) is 0 Å². The lowest BCUT2D eigenvalue weighted by Crippen LogP contribution is -2.35. The first-order valence-electron chi connectivity index (χ1n) is 6.84. The van der Waals surface area contributed by atoms with Gasteiger partial charge in [-0.1, -0.05) is 19.3 Å². The van der Waals surface area contributed by atoms with Gasteiger partial charge in [0.2, 0.25) is 0 Å². The molecule has 0 unspecified atom stereocenters. The van der Waals surface area contributed by atoms with Crippen molar-refractivity contribution in [1.29, 1.82) is 0 Å². The topological polar surface area (TPSA) is 40.7 Å². The van der Waals surface area contributed by atoms with Crippen LogP contribution in [0.25, 0.3) is 0 Å². The average Bonchev–Trinajstić information content (AvgIpc) is 2.75. The van der Waals surface area contributed by atoms with Crippen LogP contribution >= 0.6 is 0 Å². The fraction of sp³-hybridized carbons (Fsp3) is 0.786. The van der Waals surface area contributed by atoms with Crippen LogP contribution in [0, 0.1) is 0 Å². The van der Waals surface area contributed by atoms with Crippen molar-refractivity contribution in [3.63, 3.8) is 0 Å². The third-order valence-electron chi connectivity index (χ3n) is 3.48. The fourth-order valence-corrected chi connectivity index (χ4v) is 2.44. The molecule has 3 heteroatoms. The second kappa shape index (κ2) is 5.21. The molecular formula is C14H25N3. The summed E-state index contributed by atoms with van der Waals surface area (Å²) in [6, 6.07) is 2.24. The van der Waals surface area contributed by atoms with Crippen molar-refractivity contribution < 1.29 is 0 Å². The molecule has 1 aromatic rings. The van der Waals surface area contributed by atoms with Gasteiger partial charge in [-0.25, -0.2) is 0 Å². The molecule has 0 atom stereocenters. The van der Waals surface area contributed by atoms with E-state index in [1.165, 1.54) is 43.5 Å². The highest BCUT2D eigenvalue weighted by atomic mass is 15.1. The van der Waals surface area contributed by atoms with Gasteiger partial charge in [-0.3, -0.25) is 5.10 Å². The van der Waals surface area contributed by atoms with Crippen molar-refractivity contribution in [2.24, 2.45) is 0 Å². The molecule has 96 valence electrons. The minimum absolute atomic E-state index is 0.163. The molecule has 2 N–H and O–H groups in total. The van der Waals surface area contributed by atoms with Crippen molar-refractivity contribution in [2.45, 2.75) is 70.9 Å². The summed E-state index contributed by atoms with van der Waals surface area (Å²) in [6.07, 6.45) is 6.77. The highest BCUT2D eigenvalue weighted by molar-refractivity contribution is 5.13. The van der Waals surface area contributed by atoms with Gasteiger partial charge in [-0.15, -0.1) is 0 Å². The van der Waals surface area contributed by atoms with Crippen molar-refractivity contribution in [2.75, 3.05) is 0 Å². The van der Waals surface area contributed by atoms with Gasteiger partial charge in [0.05, 0.1) is 5.69 Å². The Morgan fingerprint density at radius 3 is 2.65 bits per heavy atom. The normalized spacial score (nSPS) is 18.5. The van der Waals surface area contributed by atoms with Crippen LogP contribution in [-0.2, 0) is 6.54 Å². The minimum Gasteiger partial charge on any atom is -0.306 e. The molecule has 1 saturated carbocycles. The van der Waals surface area contributed by atoms with Gasteiger partial charge < -0.3 is 5.32 Å². The summed E-state index contributed by atoms with van der Waals surface area (Å²) in [6.45, 7) is 7.44. The lowest BCUT2D eigenvalue weighted by molar-refractivity contribution is 0.421. The molecule has 2 rings (SSSR count). The minimum atomic E-state index is 0.163. The highest BCUT2D eigenvalue weighted by Gasteiger charge is 2.18. The van der Waals surface area contributed by atoms with Crippen molar-refractivity contribution in [1.82, 2.24) is 15.5 Å². The summed E-state index contributed by atoms with van der Waals surface area (Å²) < 4.78 is 0. The maximum atomic E-state index is 4.48. The molecule has 1 aromatic heterocycles. The van der Waals surface area contributed by atoms with Gasteiger partial charge >= 0.3 is 0 Å². The number of nitrogens with zero attached hydrogens (tertiary/aromatic N) is 1. The molecule has 0 spiro atoms. The smallest absolute Gasteiger partial charge is 0.0656 e. The Morgan fingerprint density at radius 2 is 2.00 bits per heavy atom. The number of aromatic amines is 1. The summed E-state index contributed by atoms with van der Waals surface area (Å²) in [5.41, 5.74) is 2.65. The third kappa shape index (κ3) is 3.84. The van der Waals surface area contributed by atoms with Crippen LogP contribution in [0.15, 0.2) is 6.07 Å². The quantitative estimate of drug-likeness (QED) is 0.843. The second-order valence-electron chi connectivity index (χ2n) is 6.26. The van der Waals surface area contributed by atoms with Gasteiger partial charge in [0, 0.05) is 23.7 Å². The Hall–Kier alpha value is -0.830. The van der Waals surface area contributed by atoms with Crippen LogP contribution in [0.2, 0.25) is 0 Å². The summed E-state index contributed by atoms with van der Waals surface area (Å²) in [7, 11) is 0. The molecule has 3 nitrogen and oxygen atoms in total. The molecule has 1 heterocycles. The Morgan fingerprint density at radius 1 is 1.29 bits per heavy atom. The number of H-pyrrole nitrogens is 1. The standard InChI is InChI=1S/C14H25N3/c1-14(2,3)15-10-12-9-13(17-16-12)11-7-5-4-6-8-11/h9,11,15H,4-8,10H2,1-3H3,(H,16,17). The molecular weight excluding hydrogens is 210 g/mol. The molecule has 17 heavy (non-hydrogen) atoms. The summed E-state index contributed by atoms with van der Waals surface area (Å²) in [5.74, 6) is 0.698. The van der Waals surface area contributed by atoms with E-state index in [1.807, 2.05) is 0 Å². The van der Waals surface area contributed by atoms with E-state index in [0.717, 1.165) is 6.54 Å². The summed E-state index contributed by atoms with van der Waals surface area (Å²) >= 11 is 0. The maximum Gasteiger partial charge on any atom is 0.0656 e. The molecule has 0 aliphatic heterocycles. The third-order valence-corrected chi connectivity index (χ3v) is 3.48. The first-order chi connectivity index (χ1) is 8.04. The Kier molecular flexibility index (Phi) is 3.87. The zero-order valence-electron chi connectivity index (χ0n) is 11.3. The van der Waals surface area contributed by atoms with E-state index < -0.39 is 0 Å². The van der Waals surface area contributed by atoms with Crippen molar-refractivity contribution in [3.05, 3.63) is 17.5 Å². The predicted octanol–water partition coefficient (Wildman–Crippen LogP) is 3.35. The van der Waals surface area contributed by atoms with Crippen molar-refractivity contribution >= 4 is 0 Å². The Labute approximate surface area is 104 Å². The first kappa shape index (κ1) is 12.6. The van der Waals surface area contributed by atoms with Gasteiger partial charge in [-0.05, 0) is 39.7 Å². The van der Waals surface area contributed by atoms with Crippen LogP contribution < -0.4 is 5.32 Å². The monoisotopic (exact) mass is 235 g/mol.